The first-order valence-corrected chi connectivity index (χ1v) is 7.09. The van der Waals surface area contributed by atoms with Gasteiger partial charge in [-0.05, 0) is 42.1 Å². The number of aromatic nitrogens is 2. The molecule has 0 radical (unpaired) electrons. The van der Waals surface area contributed by atoms with Crippen molar-refractivity contribution in [2.24, 2.45) is 0 Å². The maximum absolute atomic E-state index is 11.4. The number of benzene rings is 2. The van der Waals surface area contributed by atoms with Crippen molar-refractivity contribution in [1.82, 2.24) is 9.97 Å². The molecule has 3 aromatic rings. The summed E-state index contributed by atoms with van der Waals surface area (Å²) in [7, 11) is 1.34. The van der Waals surface area contributed by atoms with Crippen LogP contribution < -0.4 is 5.73 Å². The van der Waals surface area contributed by atoms with Crippen molar-refractivity contribution in [2.75, 3.05) is 12.8 Å². The molecule has 0 fully saturated rings. The van der Waals surface area contributed by atoms with Crippen molar-refractivity contribution in [3.05, 3.63) is 48.0 Å². The number of rotatable bonds is 3. The number of para-hydroxylation sites is 2. The number of fused-ring (bicyclic) bond motifs is 1. The molecular formula is C15H13N3O2S. The maximum Gasteiger partial charge on any atom is 0.337 e. The Morgan fingerprint density at radius 3 is 2.81 bits per heavy atom. The molecule has 2 aromatic carbocycles. The molecule has 6 heteroatoms. The Kier molecular flexibility index (Phi) is 3.53. The number of aromatic amines is 1. The van der Waals surface area contributed by atoms with Crippen LogP contribution in [0.5, 0.6) is 0 Å². The molecular weight excluding hydrogens is 286 g/mol. The number of nitrogens with one attached hydrogen (secondary N) is 1. The lowest BCUT2D eigenvalue weighted by Crippen LogP contribution is -2.02. The first kappa shape index (κ1) is 13.5. The Labute approximate surface area is 125 Å². The summed E-state index contributed by atoms with van der Waals surface area (Å²) in [6, 6.07) is 12.9. The standard InChI is InChI=1S/C15H13N3O2S/c1-20-14(19)9-6-7-13(10(16)8-9)21-15-17-11-4-2-3-5-12(11)18-15/h2-8H,16H2,1H3,(H,17,18). The molecule has 0 bridgehead atoms. The Balaban J connectivity index is 1.89. The largest absolute Gasteiger partial charge is 0.465 e. The first-order valence-electron chi connectivity index (χ1n) is 6.28. The van der Waals surface area contributed by atoms with Crippen molar-refractivity contribution in [3.63, 3.8) is 0 Å². The number of carbonyl (C=O) groups is 1. The molecule has 0 atom stereocenters. The zero-order chi connectivity index (χ0) is 14.8. The molecule has 0 aliphatic rings. The molecule has 21 heavy (non-hydrogen) atoms. The van der Waals surface area contributed by atoms with Gasteiger partial charge in [-0.15, -0.1) is 0 Å². The van der Waals surface area contributed by atoms with Crippen molar-refractivity contribution >= 4 is 34.5 Å². The van der Waals surface area contributed by atoms with Gasteiger partial charge in [0.05, 0.1) is 23.7 Å². The summed E-state index contributed by atoms with van der Waals surface area (Å²) in [6.45, 7) is 0. The van der Waals surface area contributed by atoms with Gasteiger partial charge in [-0.25, -0.2) is 9.78 Å². The zero-order valence-electron chi connectivity index (χ0n) is 11.3. The fourth-order valence-corrected chi connectivity index (χ4v) is 2.79. The molecule has 0 aliphatic heterocycles. The van der Waals surface area contributed by atoms with Crippen LogP contribution in [0.25, 0.3) is 11.0 Å². The lowest BCUT2D eigenvalue weighted by Gasteiger charge is -2.05. The first-order chi connectivity index (χ1) is 10.2. The number of nitrogens with zero attached hydrogens (tertiary/aromatic N) is 1. The number of methoxy groups -OCH3 is 1. The van der Waals surface area contributed by atoms with E-state index in [2.05, 4.69) is 14.7 Å². The Morgan fingerprint density at radius 1 is 1.29 bits per heavy atom. The molecule has 0 saturated heterocycles. The SMILES string of the molecule is COC(=O)c1ccc(Sc2nc3ccccc3[nH]2)c(N)c1. The minimum atomic E-state index is -0.401. The van der Waals surface area contributed by atoms with E-state index in [1.165, 1.54) is 18.9 Å². The van der Waals surface area contributed by atoms with E-state index < -0.39 is 5.97 Å². The van der Waals surface area contributed by atoms with Gasteiger partial charge in [0.2, 0.25) is 0 Å². The van der Waals surface area contributed by atoms with E-state index in [1.807, 2.05) is 24.3 Å². The minimum absolute atomic E-state index is 0.401. The molecule has 5 nitrogen and oxygen atoms in total. The van der Waals surface area contributed by atoms with Crippen LogP contribution in [0.2, 0.25) is 0 Å². The second-order valence-electron chi connectivity index (χ2n) is 4.41. The van der Waals surface area contributed by atoms with Crippen molar-refractivity contribution in [1.29, 1.82) is 0 Å². The number of esters is 1. The molecule has 3 rings (SSSR count). The number of nitrogen functional groups attached to an aromatic ring is 1. The summed E-state index contributed by atoms with van der Waals surface area (Å²) >= 11 is 1.42. The normalized spacial score (nSPS) is 10.7. The minimum Gasteiger partial charge on any atom is -0.465 e. The summed E-state index contributed by atoms with van der Waals surface area (Å²) in [5.41, 5.74) is 8.82. The summed E-state index contributed by atoms with van der Waals surface area (Å²) in [5, 5.41) is 0.758. The van der Waals surface area contributed by atoms with Gasteiger partial charge in [0.15, 0.2) is 5.16 Å². The molecule has 0 aliphatic carbocycles. The average molecular weight is 299 g/mol. The third-order valence-corrected chi connectivity index (χ3v) is 3.98. The predicted molar refractivity (Wildman–Crippen MR) is 82.4 cm³/mol. The highest BCUT2D eigenvalue weighted by molar-refractivity contribution is 7.99. The smallest absolute Gasteiger partial charge is 0.337 e. The van der Waals surface area contributed by atoms with Crippen molar-refractivity contribution in [2.45, 2.75) is 10.1 Å². The third kappa shape index (κ3) is 2.71. The van der Waals surface area contributed by atoms with Crippen LogP contribution in [0, 0.1) is 0 Å². The van der Waals surface area contributed by atoms with Gasteiger partial charge < -0.3 is 15.5 Å². The molecule has 3 N–H and O–H groups in total. The highest BCUT2D eigenvalue weighted by Gasteiger charge is 2.10. The quantitative estimate of drug-likeness (QED) is 0.574. The van der Waals surface area contributed by atoms with Gasteiger partial charge in [0, 0.05) is 10.6 Å². The Bertz CT molecular complexity index is 781. The number of ether oxygens (including phenoxy) is 1. The van der Waals surface area contributed by atoms with E-state index in [0.29, 0.717) is 11.3 Å². The van der Waals surface area contributed by atoms with Crippen LogP contribution >= 0.6 is 11.8 Å². The molecule has 1 heterocycles. The summed E-state index contributed by atoms with van der Waals surface area (Å²) in [4.78, 5) is 20.0. The van der Waals surface area contributed by atoms with Crippen LogP contribution in [0.3, 0.4) is 0 Å². The summed E-state index contributed by atoms with van der Waals surface area (Å²) < 4.78 is 4.67. The summed E-state index contributed by atoms with van der Waals surface area (Å²) in [6.07, 6.45) is 0. The molecule has 0 saturated carbocycles. The van der Waals surface area contributed by atoms with Gasteiger partial charge in [0.25, 0.3) is 0 Å². The highest BCUT2D eigenvalue weighted by atomic mass is 32.2. The zero-order valence-corrected chi connectivity index (χ0v) is 12.1. The van der Waals surface area contributed by atoms with E-state index in [9.17, 15) is 4.79 Å². The third-order valence-electron chi connectivity index (χ3n) is 3.01. The van der Waals surface area contributed by atoms with Crippen molar-refractivity contribution in [3.8, 4) is 0 Å². The number of hydrogen-bond donors (Lipinski definition) is 2. The van der Waals surface area contributed by atoms with E-state index >= 15 is 0 Å². The second-order valence-corrected chi connectivity index (χ2v) is 5.44. The van der Waals surface area contributed by atoms with Crippen molar-refractivity contribution < 1.29 is 9.53 Å². The maximum atomic E-state index is 11.4. The molecule has 106 valence electrons. The lowest BCUT2D eigenvalue weighted by molar-refractivity contribution is 0.0600. The molecule has 1 aromatic heterocycles. The second kappa shape index (κ2) is 5.49. The van der Waals surface area contributed by atoms with Gasteiger partial charge in [-0.3, -0.25) is 0 Å². The van der Waals surface area contributed by atoms with Crippen LogP contribution in [0.1, 0.15) is 10.4 Å². The van der Waals surface area contributed by atoms with Gasteiger partial charge >= 0.3 is 5.97 Å². The number of H-pyrrole nitrogens is 1. The van der Waals surface area contributed by atoms with Crippen LogP contribution in [0.15, 0.2) is 52.5 Å². The van der Waals surface area contributed by atoms with E-state index in [0.717, 1.165) is 21.1 Å². The van der Waals surface area contributed by atoms with E-state index in [-0.39, 0.29) is 0 Å². The summed E-state index contributed by atoms with van der Waals surface area (Å²) in [5.74, 6) is -0.401. The molecule has 0 spiro atoms. The number of hydrogen-bond acceptors (Lipinski definition) is 5. The van der Waals surface area contributed by atoms with Gasteiger partial charge in [-0.2, -0.15) is 0 Å². The highest BCUT2D eigenvalue weighted by Crippen LogP contribution is 2.32. The fourth-order valence-electron chi connectivity index (χ4n) is 1.97. The number of carbonyl (C=O) groups excluding carboxylic acids is 1. The average Bonchev–Trinajstić information content (AvgIpc) is 2.90. The monoisotopic (exact) mass is 299 g/mol. The van der Waals surface area contributed by atoms with Gasteiger partial charge in [-0.1, -0.05) is 12.1 Å². The lowest BCUT2D eigenvalue weighted by atomic mass is 10.2. The predicted octanol–water partition coefficient (Wildman–Crippen LogP) is 3.08. The van der Waals surface area contributed by atoms with Crippen LogP contribution in [0.4, 0.5) is 5.69 Å². The van der Waals surface area contributed by atoms with Crippen LogP contribution in [-0.2, 0) is 4.74 Å². The topological polar surface area (TPSA) is 81.0 Å². The Morgan fingerprint density at radius 2 is 2.10 bits per heavy atom. The fraction of sp³-hybridized carbons (Fsp3) is 0.0667. The molecule has 0 amide bonds. The van der Waals surface area contributed by atoms with E-state index in [4.69, 9.17) is 5.73 Å². The number of nitrogens with two attached hydrogens (primary N) is 1. The number of imidazole rings is 1. The Hall–Kier alpha value is -2.47. The van der Waals surface area contributed by atoms with E-state index in [1.54, 1.807) is 18.2 Å². The van der Waals surface area contributed by atoms with Crippen LogP contribution in [-0.4, -0.2) is 23.0 Å². The van der Waals surface area contributed by atoms with Gasteiger partial charge in [0.1, 0.15) is 0 Å². The molecule has 0 unspecified atom stereocenters. The number of anilines is 1.